The Morgan fingerprint density at radius 3 is 3.04 bits per heavy atom. The number of ether oxygens (including phenoxy) is 1. The van der Waals surface area contributed by atoms with Crippen LogP contribution in [0.25, 0.3) is 5.52 Å². The van der Waals surface area contributed by atoms with Gasteiger partial charge in [0.05, 0.1) is 23.9 Å². The molecule has 2 N–H and O–H groups in total. The largest absolute Gasteiger partial charge is 0.366 e. The number of rotatable bonds is 4. The van der Waals surface area contributed by atoms with Gasteiger partial charge in [-0.3, -0.25) is 4.79 Å². The van der Waals surface area contributed by atoms with Crippen molar-refractivity contribution in [1.82, 2.24) is 20.0 Å². The Bertz CT molecular complexity index is 761. The summed E-state index contributed by atoms with van der Waals surface area (Å²) in [5.41, 5.74) is 1.79. The number of aromatic nitrogens is 2. The SMILES string of the molecule is Cc1cccn2c(C(C)(NC(=O)[C@@H]3CNCCO3)C3CC3)ncc12. The Morgan fingerprint density at radius 1 is 1.50 bits per heavy atom. The average molecular weight is 328 g/mol. The Balaban J connectivity index is 1.67. The van der Waals surface area contributed by atoms with Crippen molar-refractivity contribution in [3.05, 3.63) is 35.9 Å². The maximum Gasteiger partial charge on any atom is 0.251 e. The van der Waals surface area contributed by atoms with Crippen molar-refractivity contribution >= 4 is 11.4 Å². The highest BCUT2D eigenvalue weighted by Crippen LogP contribution is 2.45. The number of nitrogens with one attached hydrogen (secondary N) is 2. The molecule has 1 aliphatic heterocycles. The second kappa shape index (κ2) is 5.86. The van der Waals surface area contributed by atoms with Gasteiger partial charge in [0, 0.05) is 19.3 Å². The van der Waals surface area contributed by atoms with Crippen LogP contribution in [-0.4, -0.2) is 41.1 Å². The van der Waals surface area contributed by atoms with Crippen molar-refractivity contribution in [2.75, 3.05) is 19.7 Å². The molecule has 4 rings (SSSR count). The molecule has 1 saturated carbocycles. The molecule has 2 aromatic heterocycles. The number of hydrogen-bond donors (Lipinski definition) is 2. The van der Waals surface area contributed by atoms with Gasteiger partial charge in [-0.1, -0.05) is 6.07 Å². The fourth-order valence-electron chi connectivity index (χ4n) is 3.62. The second-order valence-electron chi connectivity index (χ2n) is 7.06. The number of carbonyl (C=O) groups excluding carboxylic acids is 1. The van der Waals surface area contributed by atoms with Crippen molar-refractivity contribution in [3.63, 3.8) is 0 Å². The molecule has 1 saturated heterocycles. The van der Waals surface area contributed by atoms with E-state index in [2.05, 4.69) is 39.9 Å². The summed E-state index contributed by atoms with van der Waals surface area (Å²) >= 11 is 0. The highest BCUT2D eigenvalue weighted by Gasteiger charge is 2.47. The normalized spacial score (nSPS) is 23.8. The van der Waals surface area contributed by atoms with Crippen LogP contribution < -0.4 is 10.6 Å². The van der Waals surface area contributed by atoms with E-state index in [4.69, 9.17) is 4.74 Å². The molecular formula is C18H24N4O2. The summed E-state index contributed by atoms with van der Waals surface area (Å²) in [5.74, 6) is 1.27. The number of nitrogens with zero attached hydrogens (tertiary/aromatic N) is 2. The molecule has 24 heavy (non-hydrogen) atoms. The third-order valence-electron chi connectivity index (χ3n) is 5.24. The molecule has 0 spiro atoms. The lowest BCUT2D eigenvalue weighted by atomic mass is 9.94. The Labute approximate surface area is 141 Å². The Kier molecular flexibility index (Phi) is 3.81. The van der Waals surface area contributed by atoms with Gasteiger partial charge in [0.2, 0.25) is 0 Å². The molecule has 1 amide bonds. The van der Waals surface area contributed by atoms with E-state index in [0.29, 0.717) is 19.1 Å². The van der Waals surface area contributed by atoms with E-state index in [1.54, 1.807) is 0 Å². The topological polar surface area (TPSA) is 67.7 Å². The lowest BCUT2D eigenvalue weighted by molar-refractivity contribution is -0.136. The maximum absolute atomic E-state index is 12.7. The van der Waals surface area contributed by atoms with Crippen LogP contribution in [0.3, 0.4) is 0 Å². The number of fused-ring (bicyclic) bond motifs is 1. The third-order valence-corrected chi connectivity index (χ3v) is 5.24. The summed E-state index contributed by atoms with van der Waals surface area (Å²) in [6, 6.07) is 4.10. The second-order valence-corrected chi connectivity index (χ2v) is 7.06. The molecule has 128 valence electrons. The van der Waals surface area contributed by atoms with Crippen LogP contribution >= 0.6 is 0 Å². The molecule has 1 aliphatic carbocycles. The molecule has 6 nitrogen and oxygen atoms in total. The molecular weight excluding hydrogens is 304 g/mol. The van der Waals surface area contributed by atoms with Gasteiger partial charge in [0.1, 0.15) is 11.9 Å². The van der Waals surface area contributed by atoms with E-state index in [1.165, 1.54) is 5.56 Å². The summed E-state index contributed by atoms with van der Waals surface area (Å²) in [5, 5.41) is 6.46. The zero-order chi connectivity index (χ0) is 16.7. The zero-order valence-corrected chi connectivity index (χ0v) is 14.2. The molecule has 0 aromatic carbocycles. The van der Waals surface area contributed by atoms with Crippen molar-refractivity contribution in [2.45, 2.75) is 38.3 Å². The minimum Gasteiger partial charge on any atom is -0.366 e. The molecule has 2 atom stereocenters. The van der Waals surface area contributed by atoms with E-state index in [9.17, 15) is 4.79 Å². The fourth-order valence-corrected chi connectivity index (χ4v) is 3.62. The first-order valence-corrected chi connectivity index (χ1v) is 8.67. The molecule has 0 radical (unpaired) electrons. The molecule has 1 unspecified atom stereocenters. The molecule has 2 aromatic rings. The molecule has 3 heterocycles. The van der Waals surface area contributed by atoms with Gasteiger partial charge in [-0.05, 0) is 44.2 Å². The molecule has 2 aliphatic rings. The number of carbonyl (C=O) groups is 1. The van der Waals surface area contributed by atoms with Crippen molar-refractivity contribution in [3.8, 4) is 0 Å². The summed E-state index contributed by atoms with van der Waals surface area (Å²) in [6.07, 6.45) is 5.72. The summed E-state index contributed by atoms with van der Waals surface area (Å²) in [4.78, 5) is 17.4. The highest BCUT2D eigenvalue weighted by atomic mass is 16.5. The van der Waals surface area contributed by atoms with Crippen LogP contribution in [0, 0.1) is 12.8 Å². The maximum atomic E-state index is 12.7. The van der Waals surface area contributed by atoms with Crippen molar-refractivity contribution in [1.29, 1.82) is 0 Å². The van der Waals surface area contributed by atoms with Gasteiger partial charge in [0.25, 0.3) is 5.91 Å². The minimum atomic E-state index is -0.474. The minimum absolute atomic E-state index is 0.0546. The number of amides is 1. The van der Waals surface area contributed by atoms with Gasteiger partial charge >= 0.3 is 0 Å². The number of hydrogen-bond acceptors (Lipinski definition) is 4. The average Bonchev–Trinajstić information content (AvgIpc) is 3.36. The van der Waals surface area contributed by atoms with Crippen LogP contribution in [0.4, 0.5) is 0 Å². The number of imidazole rings is 1. The van der Waals surface area contributed by atoms with Crippen LogP contribution in [0.1, 0.15) is 31.2 Å². The molecule has 2 fully saturated rings. The van der Waals surface area contributed by atoms with E-state index in [-0.39, 0.29) is 5.91 Å². The first-order valence-electron chi connectivity index (χ1n) is 8.67. The lowest BCUT2D eigenvalue weighted by Gasteiger charge is -2.33. The van der Waals surface area contributed by atoms with Gasteiger partial charge < -0.3 is 19.8 Å². The van der Waals surface area contributed by atoms with E-state index >= 15 is 0 Å². The standard InChI is InChI=1S/C18H24N4O2/c1-12-4-3-8-22-14(12)10-20-17(22)18(2,13-5-6-13)21-16(23)15-11-19-7-9-24-15/h3-4,8,10,13,15,19H,5-7,9,11H2,1-2H3,(H,21,23)/t15-,18?/m0/s1. The zero-order valence-electron chi connectivity index (χ0n) is 14.2. The highest BCUT2D eigenvalue weighted by molar-refractivity contribution is 5.82. The fraction of sp³-hybridized carbons (Fsp3) is 0.556. The van der Waals surface area contributed by atoms with Gasteiger partial charge in [-0.15, -0.1) is 0 Å². The summed E-state index contributed by atoms with van der Waals surface area (Å²) in [7, 11) is 0. The summed E-state index contributed by atoms with van der Waals surface area (Å²) < 4.78 is 7.71. The van der Waals surface area contributed by atoms with Crippen LogP contribution in [0.15, 0.2) is 24.5 Å². The van der Waals surface area contributed by atoms with E-state index in [1.807, 2.05) is 18.5 Å². The first kappa shape index (κ1) is 15.6. The lowest BCUT2D eigenvalue weighted by Crippen LogP contribution is -2.54. The predicted molar refractivity (Wildman–Crippen MR) is 90.8 cm³/mol. The van der Waals surface area contributed by atoms with E-state index in [0.717, 1.165) is 30.7 Å². The number of aryl methyl sites for hydroxylation is 1. The van der Waals surface area contributed by atoms with Gasteiger partial charge in [0.15, 0.2) is 0 Å². The summed E-state index contributed by atoms with van der Waals surface area (Å²) in [6.45, 7) is 6.11. The van der Waals surface area contributed by atoms with Crippen LogP contribution in [-0.2, 0) is 15.1 Å². The van der Waals surface area contributed by atoms with Gasteiger partial charge in [-0.2, -0.15) is 0 Å². The monoisotopic (exact) mass is 328 g/mol. The number of morpholine rings is 1. The quantitative estimate of drug-likeness (QED) is 0.890. The van der Waals surface area contributed by atoms with Crippen LogP contribution in [0.2, 0.25) is 0 Å². The number of pyridine rings is 1. The van der Waals surface area contributed by atoms with E-state index < -0.39 is 11.6 Å². The Morgan fingerprint density at radius 2 is 2.33 bits per heavy atom. The molecule has 6 heteroatoms. The smallest absolute Gasteiger partial charge is 0.251 e. The Hall–Kier alpha value is -1.92. The van der Waals surface area contributed by atoms with Crippen LogP contribution in [0.5, 0.6) is 0 Å². The van der Waals surface area contributed by atoms with Gasteiger partial charge in [-0.25, -0.2) is 4.98 Å². The first-order chi connectivity index (χ1) is 11.6. The van der Waals surface area contributed by atoms with Crippen molar-refractivity contribution in [2.24, 2.45) is 5.92 Å². The predicted octanol–water partition coefficient (Wildman–Crippen LogP) is 1.37. The third kappa shape index (κ3) is 2.59. The van der Waals surface area contributed by atoms with Crippen molar-refractivity contribution < 1.29 is 9.53 Å². The molecule has 0 bridgehead atoms.